The SMILES string of the molecule is O=C(Cc1ccc(Cl)cc1F)NCCCOC1CCCC1. The Labute approximate surface area is 129 Å². The molecule has 1 aliphatic rings. The van der Waals surface area contributed by atoms with Crippen molar-refractivity contribution < 1.29 is 13.9 Å². The molecule has 5 heteroatoms. The van der Waals surface area contributed by atoms with Crippen LogP contribution in [-0.2, 0) is 16.0 Å². The largest absolute Gasteiger partial charge is 0.378 e. The second-order valence-corrected chi connectivity index (χ2v) is 5.83. The van der Waals surface area contributed by atoms with Crippen LogP contribution in [0.4, 0.5) is 4.39 Å². The molecule has 0 atom stereocenters. The normalized spacial score (nSPS) is 15.3. The maximum absolute atomic E-state index is 13.5. The number of hydrogen-bond donors (Lipinski definition) is 1. The maximum atomic E-state index is 13.5. The third-order valence-electron chi connectivity index (χ3n) is 3.67. The average Bonchev–Trinajstić information content (AvgIpc) is 2.95. The number of benzene rings is 1. The summed E-state index contributed by atoms with van der Waals surface area (Å²) in [6.07, 6.45) is 6.05. The highest BCUT2D eigenvalue weighted by Gasteiger charge is 2.14. The van der Waals surface area contributed by atoms with Crippen molar-refractivity contribution in [1.29, 1.82) is 0 Å². The van der Waals surface area contributed by atoms with E-state index in [1.807, 2.05) is 0 Å². The standard InChI is InChI=1S/C16H21ClFNO2/c17-13-7-6-12(15(18)11-13)10-16(20)19-8-3-9-21-14-4-1-2-5-14/h6-7,11,14H,1-5,8-10H2,(H,19,20). The van der Waals surface area contributed by atoms with Crippen LogP contribution in [0.25, 0.3) is 0 Å². The van der Waals surface area contributed by atoms with Crippen LogP contribution in [0.5, 0.6) is 0 Å². The van der Waals surface area contributed by atoms with Crippen molar-refractivity contribution in [2.45, 2.75) is 44.6 Å². The molecule has 0 saturated heterocycles. The van der Waals surface area contributed by atoms with Crippen molar-refractivity contribution in [3.8, 4) is 0 Å². The van der Waals surface area contributed by atoms with Gasteiger partial charge in [-0.25, -0.2) is 4.39 Å². The number of carbonyl (C=O) groups excluding carboxylic acids is 1. The molecule has 3 nitrogen and oxygen atoms in total. The molecule has 1 amide bonds. The zero-order valence-corrected chi connectivity index (χ0v) is 12.8. The second-order valence-electron chi connectivity index (χ2n) is 5.39. The van der Waals surface area contributed by atoms with Gasteiger partial charge >= 0.3 is 0 Å². The fourth-order valence-corrected chi connectivity index (χ4v) is 2.66. The van der Waals surface area contributed by atoms with E-state index in [1.165, 1.54) is 18.9 Å². The van der Waals surface area contributed by atoms with Crippen molar-refractivity contribution in [3.63, 3.8) is 0 Å². The quantitative estimate of drug-likeness (QED) is 0.783. The van der Waals surface area contributed by atoms with Crippen LogP contribution in [0.1, 0.15) is 37.7 Å². The summed E-state index contributed by atoms with van der Waals surface area (Å²) in [6.45, 7) is 1.22. The van der Waals surface area contributed by atoms with Crippen molar-refractivity contribution in [1.82, 2.24) is 5.32 Å². The van der Waals surface area contributed by atoms with Crippen molar-refractivity contribution in [2.75, 3.05) is 13.2 Å². The molecule has 1 aliphatic carbocycles. The van der Waals surface area contributed by atoms with Gasteiger partial charge in [0.1, 0.15) is 5.82 Å². The molecule has 21 heavy (non-hydrogen) atoms. The van der Waals surface area contributed by atoms with Gasteiger partial charge in [-0.1, -0.05) is 30.5 Å². The number of hydrogen-bond acceptors (Lipinski definition) is 2. The Balaban J connectivity index is 1.60. The van der Waals surface area contributed by atoms with Crippen molar-refractivity contribution >= 4 is 17.5 Å². The topological polar surface area (TPSA) is 38.3 Å². The Hall–Kier alpha value is -1.13. The molecule has 1 N–H and O–H groups in total. The molecule has 0 aliphatic heterocycles. The summed E-state index contributed by atoms with van der Waals surface area (Å²) in [4.78, 5) is 11.7. The van der Waals surface area contributed by atoms with E-state index in [0.717, 1.165) is 19.3 Å². The predicted molar refractivity (Wildman–Crippen MR) is 80.9 cm³/mol. The fourth-order valence-electron chi connectivity index (χ4n) is 2.51. The Morgan fingerprint density at radius 2 is 2.14 bits per heavy atom. The van der Waals surface area contributed by atoms with Crippen LogP contribution in [0.3, 0.4) is 0 Å². The molecule has 0 heterocycles. The van der Waals surface area contributed by atoms with Gasteiger partial charge in [0.2, 0.25) is 5.91 Å². The Morgan fingerprint density at radius 1 is 1.38 bits per heavy atom. The second kappa shape index (κ2) is 8.35. The van der Waals surface area contributed by atoms with E-state index in [-0.39, 0.29) is 12.3 Å². The molecular formula is C16H21ClFNO2. The maximum Gasteiger partial charge on any atom is 0.224 e. The number of carbonyl (C=O) groups is 1. The average molecular weight is 314 g/mol. The molecule has 1 aromatic rings. The first-order valence-corrected chi connectivity index (χ1v) is 7.85. The third kappa shape index (κ3) is 5.64. The lowest BCUT2D eigenvalue weighted by Crippen LogP contribution is -2.27. The molecule has 1 saturated carbocycles. The summed E-state index contributed by atoms with van der Waals surface area (Å²) >= 11 is 5.67. The molecule has 1 fully saturated rings. The summed E-state index contributed by atoms with van der Waals surface area (Å²) in [5.74, 6) is -0.626. The number of nitrogens with one attached hydrogen (secondary N) is 1. The summed E-state index contributed by atoms with van der Waals surface area (Å²) in [7, 11) is 0. The Kier molecular flexibility index (Phi) is 6.46. The van der Waals surface area contributed by atoms with Crippen LogP contribution < -0.4 is 5.32 Å². The van der Waals surface area contributed by atoms with Gasteiger partial charge in [0, 0.05) is 18.2 Å². The number of rotatable bonds is 7. The first-order valence-electron chi connectivity index (χ1n) is 7.47. The van der Waals surface area contributed by atoms with E-state index < -0.39 is 5.82 Å². The highest BCUT2D eigenvalue weighted by molar-refractivity contribution is 6.30. The summed E-state index contributed by atoms with van der Waals surface area (Å²) in [6, 6.07) is 4.35. The fraction of sp³-hybridized carbons (Fsp3) is 0.562. The minimum atomic E-state index is -0.442. The summed E-state index contributed by atoms with van der Waals surface area (Å²) in [5, 5.41) is 3.11. The van der Waals surface area contributed by atoms with Gasteiger partial charge in [-0.15, -0.1) is 0 Å². The van der Waals surface area contributed by atoms with Crippen molar-refractivity contribution in [2.24, 2.45) is 0 Å². The zero-order chi connectivity index (χ0) is 15.1. The lowest BCUT2D eigenvalue weighted by molar-refractivity contribution is -0.120. The lowest BCUT2D eigenvalue weighted by atomic mass is 10.1. The summed E-state index contributed by atoms with van der Waals surface area (Å²) < 4.78 is 19.3. The van der Waals surface area contributed by atoms with Crippen LogP contribution in [-0.4, -0.2) is 25.2 Å². The van der Waals surface area contributed by atoms with Crippen molar-refractivity contribution in [3.05, 3.63) is 34.6 Å². The molecule has 0 unspecified atom stereocenters. The van der Waals surface area contributed by atoms with Gasteiger partial charge < -0.3 is 10.1 Å². The van der Waals surface area contributed by atoms with E-state index in [4.69, 9.17) is 16.3 Å². The van der Waals surface area contributed by atoms with E-state index in [0.29, 0.717) is 29.8 Å². The number of ether oxygens (including phenoxy) is 1. The Bertz CT molecular complexity index is 475. The lowest BCUT2D eigenvalue weighted by Gasteiger charge is -2.11. The smallest absolute Gasteiger partial charge is 0.224 e. The predicted octanol–water partition coefficient (Wildman–Crippen LogP) is 3.49. The van der Waals surface area contributed by atoms with Gasteiger partial charge in [0.15, 0.2) is 0 Å². The monoisotopic (exact) mass is 313 g/mol. The first-order chi connectivity index (χ1) is 10.1. The third-order valence-corrected chi connectivity index (χ3v) is 3.90. The van der Waals surface area contributed by atoms with E-state index in [2.05, 4.69) is 5.32 Å². The first kappa shape index (κ1) is 16.2. The summed E-state index contributed by atoms with van der Waals surface area (Å²) in [5.41, 5.74) is 0.360. The molecule has 1 aromatic carbocycles. The molecule has 0 spiro atoms. The molecule has 0 aromatic heterocycles. The van der Waals surface area contributed by atoms with E-state index in [9.17, 15) is 9.18 Å². The number of amides is 1. The van der Waals surface area contributed by atoms with Crippen LogP contribution in [0.15, 0.2) is 18.2 Å². The van der Waals surface area contributed by atoms with Gasteiger partial charge in [-0.3, -0.25) is 4.79 Å². The molecule has 0 radical (unpaired) electrons. The molecular weight excluding hydrogens is 293 g/mol. The highest BCUT2D eigenvalue weighted by Crippen LogP contribution is 2.20. The van der Waals surface area contributed by atoms with Gasteiger partial charge in [0.05, 0.1) is 12.5 Å². The Morgan fingerprint density at radius 3 is 2.86 bits per heavy atom. The van der Waals surface area contributed by atoms with Crippen LogP contribution in [0.2, 0.25) is 5.02 Å². The number of halogens is 2. The van der Waals surface area contributed by atoms with Gasteiger partial charge in [-0.2, -0.15) is 0 Å². The van der Waals surface area contributed by atoms with Crippen LogP contribution in [0, 0.1) is 5.82 Å². The van der Waals surface area contributed by atoms with Gasteiger partial charge in [0.25, 0.3) is 0 Å². The highest BCUT2D eigenvalue weighted by atomic mass is 35.5. The van der Waals surface area contributed by atoms with E-state index in [1.54, 1.807) is 12.1 Å². The van der Waals surface area contributed by atoms with Gasteiger partial charge in [-0.05, 0) is 37.0 Å². The molecule has 0 bridgehead atoms. The zero-order valence-electron chi connectivity index (χ0n) is 12.0. The van der Waals surface area contributed by atoms with Crippen LogP contribution >= 0.6 is 11.6 Å². The minimum absolute atomic E-state index is 0.0342. The molecule has 2 rings (SSSR count). The minimum Gasteiger partial charge on any atom is -0.378 e. The van der Waals surface area contributed by atoms with E-state index >= 15 is 0 Å². The molecule has 116 valence electrons.